The van der Waals surface area contributed by atoms with E-state index in [2.05, 4.69) is 26.0 Å². The number of benzene rings is 3. The van der Waals surface area contributed by atoms with Crippen molar-refractivity contribution in [3.8, 4) is 5.75 Å². The molecule has 9 heteroatoms. The molecule has 0 unspecified atom stereocenters. The Morgan fingerprint density at radius 1 is 1.00 bits per heavy atom. The average Bonchev–Trinajstić information content (AvgIpc) is 2.74. The van der Waals surface area contributed by atoms with Crippen molar-refractivity contribution in [1.82, 2.24) is 5.32 Å². The number of nitrogens with one attached hydrogen (secondary N) is 2. The number of rotatable bonds is 8. The first kappa shape index (κ1) is 22.8. The van der Waals surface area contributed by atoms with Gasteiger partial charge in [0.15, 0.2) is 6.61 Å². The normalized spacial score (nSPS) is 12.1. The Balaban J connectivity index is 1.54. The van der Waals surface area contributed by atoms with Gasteiger partial charge in [-0.2, -0.15) is 0 Å². The first-order chi connectivity index (χ1) is 14.7. The monoisotopic (exact) mass is 506 g/mol. The molecule has 3 rings (SSSR count). The Labute approximate surface area is 188 Å². The predicted octanol–water partition coefficient (Wildman–Crippen LogP) is 4.65. The van der Waals surface area contributed by atoms with Crippen molar-refractivity contribution >= 4 is 37.5 Å². The molecule has 6 nitrogen and oxygen atoms in total. The third-order valence-corrected chi connectivity index (χ3v) is 6.27. The van der Waals surface area contributed by atoms with Crippen LogP contribution >= 0.6 is 15.9 Å². The van der Waals surface area contributed by atoms with Gasteiger partial charge in [0.05, 0.1) is 10.9 Å². The SMILES string of the molecule is C[C@@H](NC(=O)COc1ccc(S(=O)(=O)Nc2ccc(F)cc2)cc1)c1ccc(Br)cc1. The van der Waals surface area contributed by atoms with Crippen LogP contribution in [0.5, 0.6) is 5.75 Å². The zero-order chi connectivity index (χ0) is 22.4. The van der Waals surface area contributed by atoms with Crippen molar-refractivity contribution < 1.29 is 22.3 Å². The molecule has 0 aliphatic heterocycles. The third-order valence-electron chi connectivity index (χ3n) is 4.35. The van der Waals surface area contributed by atoms with Gasteiger partial charge in [-0.15, -0.1) is 0 Å². The number of carbonyl (C=O) groups excluding carboxylic acids is 1. The predicted molar refractivity (Wildman–Crippen MR) is 120 cm³/mol. The number of anilines is 1. The van der Waals surface area contributed by atoms with Crippen LogP contribution in [0.15, 0.2) is 82.2 Å². The van der Waals surface area contributed by atoms with Crippen LogP contribution in [0.25, 0.3) is 0 Å². The Bertz CT molecular complexity index is 1140. The molecular weight excluding hydrogens is 487 g/mol. The first-order valence-electron chi connectivity index (χ1n) is 9.29. The highest BCUT2D eigenvalue weighted by atomic mass is 79.9. The van der Waals surface area contributed by atoms with E-state index in [-0.39, 0.29) is 29.1 Å². The standard InChI is InChI=1S/C22H20BrFN2O4S/c1-15(16-2-4-17(23)5-3-16)25-22(27)14-30-20-10-12-21(13-11-20)31(28,29)26-19-8-6-18(24)7-9-19/h2-13,15,26H,14H2,1H3,(H,25,27)/t15-/m1/s1. The lowest BCUT2D eigenvalue weighted by Crippen LogP contribution is -2.31. The second kappa shape index (κ2) is 9.93. The first-order valence-corrected chi connectivity index (χ1v) is 11.6. The van der Waals surface area contributed by atoms with Gasteiger partial charge >= 0.3 is 0 Å². The molecule has 1 atom stereocenters. The topological polar surface area (TPSA) is 84.5 Å². The summed E-state index contributed by atoms with van der Waals surface area (Å²) in [5.74, 6) is -0.406. The maximum Gasteiger partial charge on any atom is 0.261 e. The van der Waals surface area contributed by atoms with Gasteiger partial charge in [0.2, 0.25) is 0 Å². The Kier molecular flexibility index (Phi) is 7.29. The van der Waals surface area contributed by atoms with Crippen molar-refractivity contribution in [2.45, 2.75) is 17.9 Å². The molecule has 0 aliphatic rings. The minimum Gasteiger partial charge on any atom is -0.484 e. The van der Waals surface area contributed by atoms with Gasteiger partial charge in [0.25, 0.3) is 15.9 Å². The molecule has 0 fully saturated rings. The van der Waals surface area contributed by atoms with Crippen LogP contribution in [-0.4, -0.2) is 20.9 Å². The molecule has 0 bridgehead atoms. The molecule has 0 saturated carbocycles. The summed E-state index contributed by atoms with van der Waals surface area (Å²) in [6.45, 7) is 1.66. The van der Waals surface area contributed by atoms with E-state index in [9.17, 15) is 17.6 Å². The van der Waals surface area contributed by atoms with Crippen molar-refractivity contribution in [3.63, 3.8) is 0 Å². The molecule has 0 spiro atoms. The van der Waals surface area contributed by atoms with Gasteiger partial charge in [0.1, 0.15) is 11.6 Å². The van der Waals surface area contributed by atoms with Gasteiger partial charge < -0.3 is 10.1 Å². The van der Waals surface area contributed by atoms with Crippen molar-refractivity contribution in [2.24, 2.45) is 0 Å². The maximum absolute atomic E-state index is 13.0. The lowest BCUT2D eigenvalue weighted by Gasteiger charge is -2.15. The smallest absolute Gasteiger partial charge is 0.261 e. The Morgan fingerprint density at radius 3 is 2.23 bits per heavy atom. The number of carbonyl (C=O) groups is 1. The van der Waals surface area contributed by atoms with Crippen LogP contribution in [0.3, 0.4) is 0 Å². The average molecular weight is 507 g/mol. The van der Waals surface area contributed by atoms with E-state index in [1.807, 2.05) is 31.2 Å². The van der Waals surface area contributed by atoms with Crippen LogP contribution in [0, 0.1) is 5.82 Å². The van der Waals surface area contributed by atoms with Gasteiger partial charge in [-0.25, -0.2) is 12.8 Å². The van der Waals surface area contributed by atoms with E-state index in [1.165, 1.54) is 36.4 Å². The summed E-state index contributed by atoms with van der Waals surface area (Å²) in [5.41, 5.74) is 1.21. The molecule has 2 N–H and O–H groups in total. The highest BCUT2D eigenvalue weighted by Crippen LogP contribution is 2.20. The largest absolute Gasteiger partial charge is 0.484 e. The van der Waals surface area contributed by atoms with E-state index < -0.39 is 15.8 Å². The lowest BCUT2D eigenvalue weighted by molar-refractivity contribution is -0.123. The van der Waals surface area contributed by atoms with E-state index in [4.69, 9.17) is 4.74 Å². The molecule has 31 heavy (non-hydrogen) atoms. The number of amides is 1. The molecule has 0 saturated heterocycles. The summed E-state index contributed by atoms with van der Waals surface area (Å²) in [5, 5.41) is 2.84. The zero-order valence-corrected chi connectivity index (χ0v) is 18.9. The number of hydrogen-bond acceptors (Lipinski definition) is 4. The summed E-state index contributed by atoms with van der Waals surface area (Å²) < 4.78 is 46.6. The van der Waals surface area contributed by atoms with Crippen LogP contribution in [0.2, 0.25) is 0 Å². The van der Waals surface area contributed by atoms with Gasteiger partial charge in [0, 0.05) is 10.2 Å². The minimum absolute atomic E-state index is 0.0116. The molecular formula is C22H20BrFN2O4S. The van der Waals surface area contributed by atoms with Crippen LogP contribution < -0.4 is 14.8 Å². The number of ether oxygens (including phenoxy) is 1. The molecule has 0 radical (unpaired) electrons. The molecule has 162 valence electrons. The van der Waals surface area contributed by atoms with Crippen LogP contribution in [-0.2, 0) is 14.8 Å². The molecule has 0 aliphatic carbocycles. The summed E-state index contributed by atoms with van der Waals surface area (Å²) in [7, 11) is -3.83. The fraction of sp³-hybridized carbons (Fsp3) is 0.136. The van der Waals surface area contributed by atoms with Crippen molar-refractivity contribution in [1.29, 1.82) is 0 Å². The summed E-state index contributed by atoms with van der Waals surface area (Å²) in [4.78, 5) is 12.2. The summed E-state index contributed by atoms with van der Waals surface area (Å²) >= 11 is 3.37. The van der Waals surface area contributed by atoms with E-state index in [1.54, 1.807) is 0 Å². The fourth-order valence-corrected chi connectivity index (χ4v) is 4.04. The molecule has 3 aromatic carbocycles. The van der Waals surface area contributed by atoms with Crippen molar-refractivity contribution in [2.75, 3.05) is 11.3 Å². The zero-order valence-electron chi connectivity index (χ0n) is 16.5. The van der Waals surface area contributed by atoms with Crippen molar-refractivity contribution in [3.05, 3.63) is 88.6 Å². The third kappa shape index (κ3) is 6.53. The Morgan fingerprint density at radius 2 is 1.61 bits per heavy atom. The minimum atomic E-state index is -3.83. The summed E-state index contributed by atoms with van der Waals surface area (Å²) in [6.07, 6.45) is 0. The van der Waals surface area contributed by atoms with Gasteiger partial charge in [-0.05, 0) is 73.2 Å². The number of hydrogen-bond donors (Lipinski definition) is 2. The quantitative estimate of drug-likeness (QED) is 0.465. The highest BCUT2D eigenvalue weighted by Gasteiger charge is 2.15. The molecule has 1 amide bonds. The summed E-state index contributed by atoms with van der Waals surface area (Å²) in [6, 6.07) is 18.1. The lowest BCUT2D eigenvalue weighted by atomic mass is 10.1. The molecule has 0 aromatic heterocycles. The molecule has 0 heterocycles. The Hall–Kier alpha value is -2.91. The van der Waals surface area contributed by atoms with E-state index in [0.717, 1.165) is 22.2 Å². The highest BCUT2D eigenvalue weighted by molar-refractivity contribution is 9.10. The van der Waals surface area contributed by atoms with Crippen LogP contribution in [0.1, 0.15) is 18.5 Å². The number of halogens is 2. The van der Waals surface area contributed by atoms with E-state index >= 15 is 0 Å². The van der Waals surface area contributed by atoms with Gasteiger partial charge in [-0.1, -0.05) is 28.1 Å². The second-order valence-corrected chi connectivity index (χ2v) is 9.31. The fourth-order valence-electron chi connectivity index (χ4n) is 2.71. The van der Waals surface area contributed by atoms with Crippen LogP contribution in [0.4, 0.5) is 10.1 Å². The maximum atomic E-state index is 13.0. The molecule has 3 aromatic rings. The van der Waals surface area contributed by atoms with Gasteiger partial charge in [-0.3, -0.25) is 9.52 Å². The number of sulfonamides is 1. The van der Waals surface area contributed by atoms with E-state index in [0.29, 0.717) is 5.75 Å². The second-order valence-electron chi connectivity index (χ2n) is 6.71.